The smallest absolute Gasteiger partial charge is 0.0399 e. The molecule has 1 unspecified atom stereocenters. The molecule has 1 atom stereocenters. The van der Waals surface area contributed by atoms with E-state index in [0.29, 0.717) is 0 Å². The standard InChI is InChI=1S/C17H26N2/c1-14-7-5-9-17(15(14)2)19-12-6-11-18-10-4-3-8-16(18)13-19/h5,7,9,16H,3-4,6,8,10-13H2,1-2H3. The molecule has 0 radical (unpaired) electrons. The maximum Gasteiger partial charge on any atom is 0.0399 e. The summed E-state index contributed by atoms with van der Waals surface area (Å²) in [6.45, 7) is 9.57. The van der Waals surface area contributed by atoms with Crippen molar-refractivity contribution in [1.82, 2.24) is 4.90 Å². The summed E-state index contributed by atoms with van der Waals surface area (Å²) in [6, 6.07) is 7.53. The molecule has 2 aliphatic rings. The lowest BCUT2D eigenvalue weighted by Gasteiger charge is -2.36. The third-order valence-corrected chi connectivity index (χ3v) is 4.97. The van der Waals surface area contributed by atoms with Crippen LogP contribution in [0.25, 0.3) is 0 Å². The number of hydrogen-bond donors (Lipinski definition) is 0. The van der Waals surface area contributed by atoms with E-state index in [1.165, 1.54) is 68.7 Å². The molecule has 0 saturated carbocycles. The van der Waals surface area contributed by atoms with Gasteiger partial charge in [0, 0.05) is 31.4 Å². The van der Waals surface area contributed by atoms with Gasteiger partial charge in [0.15, 0.2) is 0 Å². The van der Waals surface area contributed by atoms with Gasteiger partial charge in [0.25, 0.3) is 0 Å². The maximum atomic E-state index is 2.73. The second-order valence-electron chi connectivity index (χ2n) is 6.20. The Kier molecular flexibility index (Phi) is 3.79. The van der Waals surface area contributed by atoms with Crippen molar-refractivity contribution in [2.75, 3.05) is 31.1 Å². The third-order valence-electron chi connectivity index (χ3n) is 4.97. The molecule has 19 heavy (non-hydrogen) atoms. The number of fused-ring (bicyclic) bond motifs is 1. The van der Waals surface area contributed by atoms with Gasteiger partial charge in [-0.3, -0.25) is 4.90 Å². The van der Waals surface area contributed by atoms with Crippen molar-refractivity contribution >= 4 is 5.69 Å². The molecule has 1 aromatic carbocycles. The SMILES string of the molecule is Cc1cccc(N2CCCN3CCCCC3C2)c1C. The van der Waals surface area contributed by atoms with Crippen LogP contribution in [0.15, 0.2) is 18.2 Å². The van der Waals surface area contributed by atoms with Crippen LogP contribution in [0.3, 0.4) is 0 Å². The fourth-order valence-electron chi connectivity index (χ4n) is 3.67. The predicted molar refractivity (Wildman–Crippen MR) is 82.0 cm³/mol. The van der Waals surface area contributed by atoms with Gasteiger partial charge in [-0.15, -0.1) is 0 Å². The zero-order chi connectivity index (χ0) is 13.2. The number of benzene rings is 1. The van der Waals surface area contributed by atoms with E-state index in [1.807, 2.05) is 0 Å². The Balaban J connectivity index is 1.82. The van der Waals surface area contributed by atoms with Crippen molar-refractivity contribution in [2.24, 2.45) is 0 Å². The van der Waals surface area contributed by atoms with Crippen molar-refractivity contribution in [2.45, 2.75) is 45.6 Å². The first kappa shape index (κ1) is 13.0. The molecule has 2 nitrogen and oxygen atoms in total. The van der Waals surface area contributed by atoms with Crippen LogP contribution in [0, 0.1) is 13.8 Å². The summed E-state index contributed by atoms with van der Waals surface area (Å²) in [5, 5.41) is 0. The lowest BCUT2D eigenvalue weighted by Crippen LogP contribution is -2.44. The van der Waals surface area contributed by atoms with Gasteiger partial charge in [0.05, 0.1) is 0 Å². The molecule has 3 rings (SSSR count). The van der Waals surface area contributed by atoms with Gasteiger partial charge in [0.2, 0.25) is 0 Å². The highest BCUT2D eigenvalue weighted by molar-refractivity contribution is 5.56. The number of nitrogens with zero attached hydrogens (tertiary/aromatic N) is 2. The summed E-state index contributed by atoms with van der Waals surface area (Å²) in [5.41, 5.74) is 4.35. The van der Waals surface area contributed by atoms with Crippen LogP contribution >= 0.6 is 0 Å². The van der Waals surface area contributed by atoms with E-state index < -0.39 is 0 Å². The van der Waals surface area contributed by atoms with Crippen molar-refractivity contribution in [3.8, 4) is 0 Å². The Morgan fingerprint density at radius 2 is 1.84 bits per heavy atom. The highest BCUT2D eigenvalue weighted by Crippen LogP contribution is 2.27. The van der Waals surface area contributed by atoms with Crippen LogP contribution < -0.4 is 4.90 Å². The van der Waals surface area contributed by atoms with Crippen molar-refractivity contribution in [3.63, 3.8) is 0 Å². The molecule has 0 aliphatic carbocycles. The second kappa shape index (κ2) is 5.54. The van der Waals surface area contributed by atoms with Crippen LogP contribution in [0.4, 0.5) is 5.69 Å². The number of rotatable bonds is 1. The Hall–Kier alpha value is -1.02. The molecule has 0 bridgehead atoms. The maximum absolute atomic E-state index is 2.73. The molecule has 2 fully saturated rings. The molecular weight excluding hydrogens is 232 g/mol. The average molecular weight is 258 g/mol. The van der Waals surface area contributed by atoms with Crippen LogP contribution in [0.5, 0.6) is 0 Å². The zero-order valence-corrected chi connectivity index (χ0v) is 12.4. The minimum Gasteiger partial charge on any atom is -0.370 e. The largest absolute Gasteiger partial charge is 0.370 e. The summed E-state index contributed by atoms with van der Waals surface area (Å²) in [4.78, 5) is 5.37. The fraction of sp³-hybridized carbons (Fsp3) is 0.647. The Bertz CT molecular complexity index is 441. The monoisotopic (exact) mass is 258 g/mol. The number of anilines is 1. The quantitative estimate of drug-likeness (QED) is 0.762. The highest BCUT2D eigenvalue weighted by Gasteiger charge is 2.27. The normalized spacial score (nSPS) is 24.9. The van der Waals surface area contributed by atoms with Crippen molar-refractivity contribution in [3.05, 3.63) is 29.3 Å². The van der Waals surface area contributed by atoms with Crippen LogP contribution in [-0.2, 0) is 0 Å². The summed E-state index contributed by atoms with van der Waals surface area (Å²) in [7, 11) is 0. The van der Waals surface area contributed by atoms with Gasteiger partial charge in [-0.2, -0.15) is 0 Å². The summed E-state index contributed by atoms with van der Waals surface area (Å²) in [6.07, 6.45) is 5.52. The molecule has 0 N–H and O–H groups in total. The lowest BCUT2D eigenvalue weighted by atomic mass is 10.0. The lowest BCUT2D eigenvalue weighted by molar-refractivity contribution is 0.162. The minimum absolute atomic E-state index is 0.788. The molecule has 104 valence electrons. The fourth-order valence-corrected chi connectivity index (χ4v) is 3.67. The first-order valence-corrected chi connectivity index (χ1v) is 7.81. The Morgan fingerprint density at radius 1 is 1.00 bits per heavy atom. The molecule has 2 heterocycles. The van der Waals surface area contributed by atoms with Gasteiger partial charge in [-0.25, -0.2) is 0 Å². The van der Waals surface area contributed by atoms with Gasteiger partial charge in [0.1, 0.15) is 0 Å². The van der Waals surface area contributed by atoms with Gasteiger partial charge in [-0.1, -0.05) is 18.6 Å². The molecule has 1 aromatic rings. The third kappa shape index (κ3) is 2.64. The van der Waals surface area contributed by atoms with E-state index >= 15 is 0 Å². The first-order valence-electron chi connectivity index (χ1n) is 7.81. The zero-order valence-electron chi connectivity index (χ0n) is 12.4. The van der Waals surface area contributed by atoms with Crippen molar-refractivity contribution < 1.29 is 0 Å². The molecule has 0 amide bonds. The molecule has 0 aromatic heterocycles. The van der Waals surface area contributed by atoms with Gasteiger partial charge in [-0.05, 0) is 56.8 Å². The Morgan fingerprint density at radius 3 is 2.74 bits per heavy atom. The summed E-state index contributed by atoms with van der Waals surface area (Å²) < 4.78 is 0. The van der Waals surface area contributed by atoms with E-state index in [4.69, 9.17) is 0 Å². The molecule has 2 aliphatic heterocycles. The summed E-state index contributed by atoms with van der Waals surface area (Å²) in [5.74, 6) is 0. The van der Waals surface area contributed by atoms with Gasteiger partial charge < -0.3 is 4.90 Å². The van der Waals surface area contributed by atoms with Crippen LogP contribution in [-0.4, -0.2) is 37.1 Å². The highest BCUT2D eigenvalue weighted by atomic mass is 15.2. The average Bonchev–Trinajstić information content (AvgIpc) is 2.64. The minimum atomic E-state index is 0.788. The van der Waals surface area contributed by atoms with E-state index in [2.05, 4.69) is 41.8 Å². The van der Waals surface area contributed by atoms with Crippen molar-refractivity contribution in [1.29, 1.82) is 0 Å². The van der Waals surface area contributed by atoms with E-state index in [9.17, 15) is 0 Å². The summed E-state index contributed by atoms with van der Waals surface area (Å²) >= 11 is 0. The number of hydrogen-bond acceptors (Lipinski definition) is 2. The first-order chi connectivity index (χ1) is 9.25. The topological polar surface area (TPSA) is 6.48 Å². The molecule has 2 heteroatoms. The van der Waals surface area contributed by atoms with E-state index in [0.717, 1.165) is 6.04 Å². The molecule has 2 saturated heterocycles. The van der Waals surface area contributed by atoms with Crippen LogP contribution in [0.1, 0.15) is 36.8 Å². The second-order valence-corrected chi connectivity index (χ2v) is 6.20. The van der Waals surface area contributed by atoms with E-state index in [-0.39, 0.29) is 0 Å². The molecular formula is C17H26N2. The number of piperidine rings is 1. The Labute approximate surface area is 117 Å². The number of aryl methyl sites for hydroxylation is 1. The predicted octanol–water partition coefficient (Wildman–Crippen LogP) is 3.37. The van der Waals surface area contributed by atoms with Gasteiger partial charge >= 0.3 is 0 Å². The molecule has 0 spiro atoms. The van der Waals surface area contributed by atoms with Crippen LogP contribution in [0.2, 0.25) is 0 Å². The van der Waals surface area contributed by atoms with E-state index in [1.54, 1.807) is 0 Å².